The molecule has 0 fully saturated rings. The van der Waals surface area contributed by atoms with Crippen LogP contribution >= 0.6 is 11.3 Å². The van der Waals surface area contributed by atoms with Crippen LogP contribution in [0.4, 0.5) is 16.5 Å². The molecule has 7 heteroatoms. The standard InChI is InChI=1S/C23H20N4O2S/c28-21(13-16-7-2-1-3-8-16)24-15-22(29)25-17-9-6-10-18(14-17)26-23-27-19-11-4-5-12-20(19)30-23/h1-12,14H,13,15H2,(H,24,28)(H,25,29)(H,26,27). The third-order valence-corrected chi connectivity index (χ3v) is 5.30. The van der Waals surface area contributed by atoms with E-state index in [1.54, 1.807) is 17.4 Å². The molecule has 0 aliphatic rings. The molecule has 3 aromatic carbocycles. The maximum atomic E-state index is 12.2. The van der Waals surface area contributed by atoms with E-state index in [1.165, 1.54) is 0 Å². The number of aromatic nitrogens is 1. The van der Waals surface area contributed by atoms with E-state index in [9.17, 15) is 9.59 Å². The van der Waals surface area contributed by atoms with Crippen LogP contribution in [0.5, 0.6) is 0 Å². The van der Waals surface area contributed by atoms with Crippen molar-refractivity contribution in [3.8, 4) is 0 Å². The van der Waals surface area contributed by atoms with Gasteiger partial charge in [-0.15, -0.1) is 0 Å². The topological polar surface area (TPSA) is 83.1 Å². The Morgan fingerprint density at radius 1 is 0.833 bits per heavy atom. The summed E-state index contributed by atoms with van der Waals surface area (Å²) in [5.41, 5.74) is 3.31. The highest BCUT2D eigenvalue weighted by Gasteiger charge is 2.08. The molecule has 0 saturated heterocycles. The highest BCUT2D eigenvalue weighted by atomic mass is 32.1. The van der Waals surface area contributed by atoms with E-state index in [0.29, 0.717) is 5.69 Å². The Hall–Kier alpha value is -3.71. The van der Waals surface area contributed by atoms with Gasteiger partial charge >= 0.3 is 0 Å². The van der Waals surface area contributed by atoms with Crippen molar-refractivity contribution in [2.24, 2.45) is 0 Å². The van der Waals surface area contributed by atoms with E-state index in [4.69, 9.17) is 0 Å². The summed E-state index contributed by atoms with van der Waals surface area (Å²) in [6.07, 6.45) is 0.246. The quantitative estimate of drug-likeness (QED) is 0.419. The van der Waals surface area contributed by atoms with E-state index in [2.05, 4.69) is 20.9 Å². The smallest absolute Gasteiger partial charge is 0.243 e. The van der Waals surface area contributed by atoms with Crippen LogP contribution in [0.15, 0.2) is 78.9 Å². The first kappa shape index (κ1) is 19.6. The number of nitrogens with one attached hydrogen (secondary N) is 3. The molecule has 4 rings (SSSR count). The summed E-state index contributed by atoms with van der Waals surface area (Å²) in [6, 6.07) is 24.7. The summed E-state index contributed by atoms with van der Waals surface area (Å²) in [5.74, 6) is -0.476. The maximum Gasteiger partial charge on any atom is 0.243 e. The van der Waals surface area contributed by atoms with Gasteiger partial charge < -0.3 is 16.0 Å². The molecule has 0 spiro atoms. The predicted octanol–water partition coefficient (Wildman–Crippen LogP) is 4.34. The molecule has 1 heterocycles. The number of fused-ring (bicyclic) bond motifs is 1. The van der Waals surface area contributed by atoms with Gasteiger partial charge in [-0.25, -0.2) is 4.98 Å². The number of hydrogen-bond acceptors (Lipinski definition) is 5. The number of nitrogens with zero attached hydrogens (tertiary/aromatic N) is 1. The average Bonchev–Trinajstić information content (AvgIpc) is 3.15. The normalized spacial score (nSPS) is 10.5. The van der Waals surface area contributed by atoms with Gasteiger partial charge in [-0.2, -0.15) is 0 Å². The summed E-state index contributed by atoms with van der Waals surface area (Å²) in [5, 5.41) is 9.50. The van der Waals surface area contributed by atoms with Gasteiger partial charge in [0.15, 0.2) is 5.13 Å². The highest BCUT2D eigenvalue weighted by Crippen LogP contribution is 2.28. The zero-order valence-corrected chi connectivity index (χ0v) is 16.9. The van der Waals surface area contributed by atoms with Crippen molar-refractivity contribution >= 4 is 49.9 Å². The van der Waals surface area contributed by atoms with Crippen LogP contribution in [0.25, 0.3) is 10.2 Å². The fourth-order valence-corrected chi connectivity index (χ4v) is 3.84. The number of hydrogen-bond donors (Lipinski definition) is 3. The molecule has 0 saturated carbocycles. The Morgan fingerprint density at radius 2 is 1.60 bits per heavy atom. The fourth-order valence-electron chi connectivity index (χ4n) is 2.95. The summed E-state index contributed by atoms with van der Waals surface area (Å²) < 4.78 is 1.11. The molecule has 30 heavy (non-hydrogen) atoms. The third kappa shape index (κ3) is 5.21. The van der Waals surface area contributed by atoms with Crippen LogP contribution in [0.1, 0.15) is 5.56 Å². The predicted molar refractivity (Wildman–Crippen MR) is 121 cm³/mol. The second-order valence-corrected chi connectivity index (χ2v) is 7.71. The van der Waals surface area contributed by atoms with Gasteiger partial charge in [-0.3, -0.25) is 9.59 Å². The van der Waals surface area contributed by atoms with Gasteiger partial charge in [0.1, 0.15) is 0 Å². The Kier molecular flexibility index (Phi) is 6.01. The number of thiazole rings is 1. The molecule has 1 aromatic heterocycles. The summed E-state index contributed by atoms with van der Waals surface area (Å²) >= 11 is 1.57. The molecule has 4 aromatic rings. The number of benzene rings is 3. The van der Waals surface area contributed by atoms with Crippen LogP contribution in [0.3, 0.4) is 0 Å². The van der Waals surface area contributed by atoms with E-state index in [0.717, 1.165) is 26.6 Å². The second kappa shape index (κ2) is 9.19. The molecule has 3 N–H and O–H groups in total. The first-order chi connectivity index (χ1) is 14.7. The highest BCUT2D eigenvalue weighted by molar-refractivity contribution is 7.22. The molecule has 0 aliphatic carbocycles. The second-order valence-electron chi connectivity index (χ2n) is 6.68. The minimum absolute atomic E-state index is 0.0822. The van der Waals surface area contributed by atoms with E-state index in [-0.39, 0.29) is 24.8 Å². The Bertz CT molecular complexity index is 1140. The summed E-state index contributed by atoms with van der Waals surface area (Å²) in [6.45, 7) is -0.0822. The van der Waals surface area contributed by atoms with Crippen molar-refractivity contribution in [2.45, 2.75) is 6.42 Å². The van der Waals surface area contributed by atoms with Gasteiger partial charge in [0, 0.05) is 11.4 Å². The molecule has 150 valence electrons. The molecule has 6 nitrogen and oxygen atoms in total. The van der Waals surface area contributed by atoms with Gasteiger partial charge in [-0.05, 0) is 35.9 Å². The first-order valence-electron chi connectivity index (χ1n) is 9.49. The molecule has 0 radical (unpaired) electrons. The average molecular weight is 417 g/mol. The Morgan fingerprint density at radius 3 is 2.43 bits per heavy atom. The minimum Gasteiger partial charge on any atom is -0.347 e. The summed E-state index contributed by atoms with van der Waals surface area (Å²) in [7, 11) is 0. The van der Waals surface area contributed by atoms with Gasteiger partial charge in [0.25, 0.3) is 0 Å². The third-order valence-electron chi connectivity index (χ3n) is 4.35. The molecular formula is C23H20N4O2S. The number of para-hydroxylation sites is 1. The Labute approximate surface area is 178 Å². The summed E-state index contributed by atoms with van der Waals surface area (Å²) in [4.78, 5) is 28.7. The minimum atomic E-state index is -0.284. The number of carbonyl (C=O) groups is 2. The van der Waals surface area contributed by atoms with Crippen molar-refractivity contribution in [1.29, 1.82) is 0 Å². The lowest BCUT2D eigenvalue weighted by Gasteiger charge is -2.09. The van der Waals surface area contributed by atoms with Crippen molar-refractivity contribution in [1.82, 2.24) is 10.3 Å². The number of anilines is 3. The van der Waals surface area contributed by atoms with Crippen LogP contribution in [-0.2, 0) is 16.0 Å². The van der Waals surface area contributed by atoms with Crippen LogP contribution in [0.2, 0.25) is 0 Å². The zero-order chi connectivity index (χ0) is 20.8. The van der Waals surface area contributed by atoms with Crippen LogP contribution < -0.4 is 16.0 Å². The zero-order valence-electron chi connectivity index (χ0n) is 16.1. The van der Waals surface area contributed by atoms with Gasteiger partial charge in [0.05, 0.1) is 23.2 Å². The van der Waals surface area contributed by atoms with Crippen molar-refractivity contribution < 1.29 is 9.59 Å². The monoisotopic (exact) mass is 416 g/mol. The Balaban J connectivity index is 1.31. The number of carbonyl (C=O) groups excluding carboxylic acids is 2. The maximum absolute atomic E-state index is 12.2. The molecule has 0 bridgehead atoms. The largest absolute Gasteiger partial charge is 0.347 e. The molecule has 0 unspecified atom stereocenters. The number of amides is 2. The van der Waals surface area contributed by atoms with Crippen molar-refractivity contribution in [3.05, 3.63) is 84.4 Å². The van der Waals surface area contributed by atoms with Gasteiger partial charge in [-0.1, -0.05) is 59.9 Å². The lowest BCUT2D eigenvalue weighted by Crippen LogP contribution is -2.33. The van der Waals surface area contributed by atoms with Crippen molar-refractivity contribution in [2.75, 3.05) is 17.2 Å². The first-order valence-corrected chi connectivity index (χ1v) is 10.3. The van der Waals surface area contributed by atoms with E-state index >= 15 is 0 Å². The van der Waals surface area contributed by atoms with Crippen molar-refractivity contribution in [3.63, 3.8) is 0 Å². The lowest BCUT2D eigenvalue weighted by molar-refractivity contribution is -0.123. The van der Waals surface area contributed by atoms with Crippen LogP contribution in [-0.4, -0.2) is 23.3 Å². The molecule has 2 amide bonds. The van der Waals surface area contributed by atoms with E-state index < -0.39 is 0 Å². The van der Waals surface area contributed by atoms with Crippen LogP contribution in [0, 0.1) is 0 Å². The fraction of sp³-hybridized carbons (Fsp3) is 0.0870. The molecular weight excluding hydrogens is 396 g/mol. The molecule has 0 aliphatic heterocycles. The van der Waals surface area contributed by atoms with E-state index in [1.807, 2.05) is 72.8 Å². The number of rotatable bonds is 7. The van der Waals surface area contributed by atoms with Gasteiger partial charge in [0.2, 0.25) is 11.8 Å². The molecule has 0 atom stereocenters. The lowest BCUT2D eigenvalue weighted by atomic mass is 10.1. The SMILES string of the molecule is O=C(Cc1ccccc1)NCC(=O)Nc1cccc(Nc2nc3ccccc3s2)c1.